The molecular formula is C7H2Cl2F3NO. The SMILES string of the molecule is O=C(Cl)c1cnc(Cl)cc1C(F)(F)F. The van der Waals surface area contributed by atoms with Crippen LogP contribution in [0.4, 0.5) is 13.2 Å². The van der Waals surface area contributed by atoms with Crippen molar-refractivity contribution in [3.8, 4) is 0 Å². The van der Waals surface area contributed by atoms with Crippen LogP contribution in [-0.4, -0.2) is 10.2 Å². The lowest BCUT2D eigenvalue weighted by Gasteiger charge is -2.09. The molecule has 7 heteroatoms. The number of carbonyl (C=O) groups excluding carboxylic acids is 1. The van der Waals surface area contributed by atoms with Gasteiger partial charge in [-0.05, 0) is 17.7 Å². The van der Waals surface area contributed by atoms with Gasteiger partial charge in [0.15, 0.2) is 0 Å². The molecule has 0 bridgehead atoms. The average molecular weight is 244 g/mol. The highest BCUT2D eigenvalue weighted by Crippen LogP contribution is 2.33. The van der Waals surface area contributed by atoms with Gasteiger partial charge in [-0.1, -0.05) is 11.6 Å². The summed E-state index contributed by atoms with van der Waals surface area (Å²) in [5, 5.41) is -1.57. The Kier molecular flexibility index (Phi) is 3.01. The first-order chi connectivity index (χ1) is 6.32. The third-order valence-corrected chi connectivity index (χ3v) is 1.80. The zero-order chi connectivity index (χ0) is 10.9. The van der Waals surface area contributed by atoms with Crippen molar-refractivity contribution in [1.82, 2.24) is 4.98 Å². The molecule has 0 radical (unpaired) electrons. The molecule has 0 spiro atoms. The highest BCUT2D eigenvalue weighted by Gasteiger charge is 2.35. The minimum absolute atomic E-state index is 0.348. The van der Waals surface area contributed by atoms with Crippen LogP contribution in [0.15, 0.2) is 12.3 Å². The van der Waals surface area contributed by atoms with Gasteiger partial charge in [0.05, 0.1) is 11.1 Å². The topological polar surface area (TPSA) is 30.0 Å². The molecule has 1 rings (SSSR count). The van der Waals surface area contributed by atoms with E-state index in [9.17, 15) is 18.0 Å². The summed E-state index contributed by atoms with van der Waals surface area (Å²) in [5.41, 5.74) is -1.89. The van der Waals surface area contributed by atoms with Crippen LogP contribution in [0, 0.1) is 0 Å². The van der Waals surface area contributed by atoms with Crippen molar-refractivity contribution in [1.29, 1.82) is 0 Å². The molecular weight excluding hydrogens is 242 g/mol. The van der Waals surface area contributed by atoms with Gasteiger partial charge >= 0.3 is 6.18 Å². The van der Waals surface area contributed by atoms with E-state index in [1.54, 1.807) is 0 Å². The molecule has 0 amide bonds. The number of carbonyl (C=O) groups is 1. The van der Waals surface area contributed by atoms with Crippen LogP contribution in [0.1, 0.15) is 15.9 Å². The van der Waals surface area contributed by atoms with Gasteiger partial charge in [-0.2, -0.15) is 13.2 Å². The number of rotatable bonds is 1. The van der Waals surface area contributed by atoms with Crippen LogP contribution in [-0.2, 0) is 6.18 Å². The Morgan fingerprint density at radius 3 is 2.43 bits per heavy atom. The number of nitrogens with zero attached hydrogens (tertiary/aromatic N) is 1. The molecule has 14 heavy (non-hydrogen) atoms. The zero-order valence-electron chi connectivity index (χ0n) is 6.40. The Bertz CT molecular complexity index is 378. The summed E-state index contributed by atoms with van der Waals surface area (Å²) in [5.74, 6) is 0. The minimum atomic E-state index is -4.67. The summed E-state index contributed by atoms with van der Waals surface area (Å²) in [6.07, 6.45) is -3.98. The molecule has 0 aliphatic carbocycles. The number of pyridine rings is 1. The summed E-state index contributed by atoms with van der Waals surface area (Å²) < 4.78 is 36.9. The van der Waals surface area contributed by atoms with Crippen molar-refractivity contribution in [2.45, 2.75) is 6.18 Å². The van der Waals surface area contributed by atoms with Crippen molar-refractivity contribution in [3.05, 3.63) is 28.5 Å². The molecule has 0 aliphatic heterocycles. The third kappa shape index (κ3) is 2.36. The lowest BCUT2D eigenvalue weighted by molar-refractivity contribution is -0.137. The molecule has 0 atom stereocenters. The first-order valence-corrected chi connectivity index (χ1v) is 4.00. The summed E-state index contributed by atoms with van der Waals surface area (Å²) in [7, 11) is 0. The molecule has 0 unspecified atom stereocenters. The van der Waals surface area contributed by atoms with Crippen LogP contribution in [0.3, 0.4) is 0 Å². The van der Waals surface area contributed by atoms with Crippen LogP contribution in [0.2, 0.25) is 5.15 Å². The first kappa shape index (κ1) is 11.3. The quantitative estimate of drug-likeness (QED) is 0.561. The fraction of sp³-hybridized carbons (Fsp3) is 0.143. The Labute approximate surface area is 86.6 Å². The monoisotopic (exact) mass is 243 g/mol. The average Bonchev–Trinajstić information content (AvgIpc) is 2.01. The normalized spacial score (nSPS) is 11.5. The van der Waals surface area contributed by atoms with Gasteiger partial charge in [-0.3, -0.25) is 4.79 Å². The molecule has 2 nitrogen and oxygen atoms in total. The molecule has 0 aliphatic rings. The van der Waals surface area contributed by atoms with Gasteiger partial charge in [0.25, 0.3) is 5.24 Å². The number of hydrogen-bond donors (Lipinski definition) is 0. The third-order valence-electron chi connectivity index (χ3n) is 1.39. The minimum Gasteiger partial charge on any atom is -0.276 e. The summed E-state index contributed by atoms with van der Waals surface area (Å²) in [6.45, 7) is 0. The van der Waals surface area contributed by atoms with E-state index in [4.69, 9.17) is 23.2 Å². The van der Waals surface area contributed by atoms with Crippen LogP contribution in [0.5, 0.6) is 0 Å². The van der Waals surface area contributed by atoms with E-state index in [-0.39, 0.29) is 5.15 Å². The molecule has 76 valence electrons. The molecule has 0 fully saturated rings. The smallest absolute Gasteiger partial charge is 0.276 e. The first-order valence-electron chi connectivity index (χ1n) is 3.25. The van der Waals surface area contributed by atoms with Gasteiger partial charge in [0.1, 0.15) is 5.15 Å². The fourth-order valence-electron chi connectivity index (χ4n) is 0.821. The molecule has 0 saturated carbocycles. The Morgan fingerprint density at radius 2 is 2.00 bits per heavy atom. The van der Waals surface area contributed by atoms with E-state index in [0.717, 1.165) is 0 Å². The predicted molar refractivity (Wildman–Crippen MR) is 44.4 cm³/mol. The maximum absolute atomic E-state index is 12.3. The van der Waals surface area contributed by atoms with Crippen molar-refractivity contribution in [3.63, 3.8) is 0 Å². The van der Waals surface area contributed by atoms with Crippen molar-refractivity contribution in [2.24, 2.45) is 0 Å². The second-order valence-corrected chi connectivity index (χ2v) is 3.05. The summed E-state index contributed by atoms with van der Waals surface area (Å²) in [6, 6.07) is 0.553. The lowest BCUT2D eigenvalue weighted by atomic mass is 10.1. The fourth-order valence-corrected chi connectivity index (χ4v) is 1.13. The number of halogens is 5. The predicted octanol–water partition coefficient (Wildman–Crippen LogP) is 3.13. The van der Waals surface area contributed by atoms with E-state index < -0.39 is 22.5 Å². The Morgan fingerprint density at radius 1 is 1.43 bits per heavy atom. The van der Waals surface area contributed by atoms with Crippen molar-refractivity contribution >= 4 is 28.4 Å². The van der Waals surface area contributed by atoms with Gasteiger partial charge in [0, 0.05) is 6.20 Å². The highest BCUT2D eigenvalue weighted by molar-refractivity contribution is 6.67. The maximum Gasteiger partial charge on any atom is 0.417 e. The molecule has 1 aromatic heterocycles. The molecule has 0 saturated heterocycles. The summed E-state index contributed by atoms with van der Waals surface area (Å²) >= 11 is 10.2. The summed E-state index contributed by atoms with van der Waals surface area (Å²) in [4.78, 5) is 13.9. The van der Waals surface area contributed by atoms with Crippen LogP contribution < -0.4 is 0 Å². The van der Waals surface area contributed by atoms with Gasteiger partial charge in [-0.15, -0.1) is 0 Å². The van der Waals surface area contributed by atoms with Gasteiger partial charge in [-0.25, -0.2) is 4.98 Å². The van der Waals surface area contributed by atoms with Crippen molar-refractivity contribution in [2.75, 3.05) is 0 Å². The zero-order valence-corrected chi connectivity index (χ0v) is 7.91. The maximum atomic E-state index is 12.3. The number of alkyl halides is 3. The van der Waals surface area contributed by atoms with E-state index in [1.807, 2.05) is 0 Å². The standard InChI is InChI=1S/C7H2Cl2F3NO/c8-5-1-4(7(10,11)12)3(2-13-5)6(9)14/h1-2H. The lowest BCUT2D eigenvalue weighted by Crippen LogP contribution is -2.11. The molecule has 0 N–H and O–H groups in total. The van der Waals surface area contributed by atoms with E-state index in [1.165, 1.54) is 0 Å². The van der Waals surface area contributed by atoms with E-state index in [0.29, 0.717) is 12.3 Å². The van der Waals surface area contributed by atoms with E-state index >= 15 is 0 Å². The Hall–Kier alpha value is -0.810. The second-order valence-electron chi connectivity index (χ2n) is 2.32. The second kappa shape index (κ2) is 3.74. The van der Waals surface area contributed by atoms with Crippen LogP contribution >= 0.6 is 23.2 Å². The number of hydrogen-bond acceptors (Lipinski definition) is 2. The molecule has 0 aromatic carbocycles. The molecule has 1 heterocycles. The van der Waals surface area contributed by atoms with E-state index in [2.05, 4.69) is 4.98 Å². The van der Waals surface area contributed by atoms with Crippen molar-refractivity contribution < 1.29 is 18.0 Å². The molecule has 1 aromatic rings. The van der Waals surface area contributed by atoms with Gasteiger partial charge in [0.2, 0.25) is 0 Å². The van der Waals surface area contributed by atoms with Crippen LogP contribution in [0.25, 0.3) is 0 Å². The number of aromatic nitrogens is 1. The highest BCUT2D eigenvalue weighted by atomic mass is 35.5. The Balaban J connectivity index is 3.38. The van der Waals surface area contributed by atoms with Gasteiger partial charge < -0.3 is 0 Å². The largest absolute Gasteiger partial charge is 0.417 e.